The third-order valence-electron chi connectivity index (χ3n) is 3.11. The van der Waals surface area contributed by atoms with Gasteiger partial charge in [-0.3, -0.25) is 4.79 Å². The highest BCUT2D eigenvalue weighted by Crippen LogP contribution is 2.27. The van der Waals surface area contributed by atoms with Crippen molar-refractivity contribution in [3.05, 3.63) is 29.8 Å². The predicted octanol–water partition coefficient (Wildman–Crippen LogP) is 1.72. The normalized spacial score (nSPS) is 16.1. The molecule has 1 aliphatic heterocycles. The maximum absolute atomic E-state index is 11.9. The maximum atomic E-state index is 11.9. The number of hydrogen-bond acceptors (Lipinski definition) is 4. The lowest BCUT2D eigenvalue weighted by Crippen LogP contribution is -2.45. The number of esters is 1. The second-order valence-electron chi connectivity index (χ2n) is 5.96. The zero-order valence-electron chi connectivity index (χ0n) is 11.8. The summed E-state index contributed by atoms with van der Waals surface area (Å²) in [6.07, 6.45) is 1.01. The zero-order valence-corrected chi connectivity index (χ0v) is 11.8. The van der Waals surface area contributed by atoms with Gasteiger partial charge < -0.3 is 15.4 Å². The van der Waals surface area contributed by atoms with Crippen LogP contribution in [-0.4, -0.2) is 30.7 Å². The predicted molar refractivity (Wildman–Crippen MR) is 76.2 cm³/mol. The molecule has 0 aliphatic carbocycles. The molecule has 1 aliphatic rings. The molecular weight excluding hydrogens is 240 g/mol. The van der Waals surface area contributed by atoms with Gasteiger partial charge in [-0.2, -0.15) is 0 Å². The first kappa shape index (κ1) is 13.9. The summed E-state index contributed by atoms with van der Waals surface area (Å²) in [7, 11) is 0. The van der Waals surface area contributed by atoms with Crippen molar-refractivity contribution in [2.75, 3.05) is 18.0 Å². The summed E-state index contributed by atoms with van der Waals surface area (Å²) in [5, 5.41) is 0. The minimum absolute atomic E-state index is 0.336. The van der Waals surface area contributed by atoms with Crippen LogP contribution >= 0.6 is 0 Å². The van der Waals surface area contributed by atoms with Gasteiger partial charge in [-0.1, -0.05) is 18.2 Å². The number of anilines is 1. The maximum Gasteiger partial charge on any atom is 0.325 e. The van der Waals surface area contributed by atoms with Crippen molar-refractivity contribution in [3.8, 4) is 0 Å². The summed E-state index contributed by atoms with van der Waals surface area (Å²) in [6, 6.07) is 7.63. The second-order valence-corrected chi connectivity index (χ2v) is 5.96. The molecule has 2 N–H and O–H groups in total. The largest absolute Gasteiger partial charge is 0.459 e. The van der Waals surface area contributed by atoms with Crippen molar-refractivity contribution in [1.82, 2.24) is 0 Å². The number of rotatable bonds is 3. The van der Waals surface area contributed by atoms with Gasteiger partial charge in [-0.15, -0.1) is 0 Å². The smallest absolute Gasteiger partial charge is 0.325 e. The van der Waals surface area contributed by atoms with E-state index in [1.165, 1.54) is 11.3 Å². The highest BCUT2D eigenvalue weighted by atomic mass is 16.6. The van der Waals surface area contributed by atoms with Crippen molar-refractivity contribution in [1.29, 1.82) is 0 Å². The van der Waals surface area contributed by atoms with Gasteiger partial charge in [0, 0.05) is 18.8 Å². The number of hydrogen-bond donors (Lipinski definition) is 1. The molecule has 2 rings (SSSR count). The Labute approximate surface area is 114 Å². The van der Waals surface area contributed by atoms with Crippen LogP contribution in [0.15, 0.2) is 24.3 Å². The molecule has 0 bridgehead atoms. The van der Waals surface area contributed by atoms with E-state index in [0.717, 1.165) is 13.0 Å². The minimum atomic E-state index is -0.606. The first-order valence-electron chi connectivity index (χ1n) is 6.68. The Morgan fingerprint density at radius 3 is 2.79 bits per heavy atom. The SMILES string of the molecule is CC(C)(C)OC(=O)C(N)CN1CCc2ccccc21. The van der Waals surface area contributed by atoms with Gasteiger partial charge in [-0.05, 0) is 38.8 Å². The van der Waals surface area contributed by atoms with Crippen molar-refractivity contribution in [2.45, 2.75) is 38.8 Å². The molecule has 0 radical (unpaired) electrons. The van der Waals surface area contributed by atoms with E-state index in [0.29, 0.717) is 6.54 Å². The monoisotopic (exact) mass is 262 g/mol. The molecule has 0 amide bonds. The van der Waals surface area contributed by atoms with Gasteiger partial charge in [0.05, 0.1) is 0 Å². The van der Waals surface area contributed by atoms with E-state index in [9.17, 15) is 4.79 Å². The lowest BCUT2D eigenvalue weighted by Gasteiger charge is -2.26. The Morgan fingerprint density at radius 2 is 2.11 bits per heavy atom. The van der Waals surface area contributed by atoms with Gasteiger partial charge in [0.2, 0.25) is 0 Å². The number of carbonyl (C=O) groups excluding carboxylic acids is 1. The second kappa shape index (κ2) is 5.21. The van der Waals surface area contributed by atoms with Crippen LogP contribution in [0.5, 0.6) is 0 Å². The fraction of sp³-hybridized carbons (Fsp3) is 0.533. The standard InChI is InChI=1S/C15H22N2O2/c1-15(2,3)19-14(18)12(16)10-17-9-8-11-6-4-5-7-13(11)17/h4-7,12H,8-10,16H2,1-3H3. The number of nitrogens with zero attached hydrogens (tertiary/aromatic N) is 1. The molecule has 1 unspecified atom stereocenters. The van der Waals surface area contributed by atoms with E-state index in [2.05, 4.69) is 17.0 Å². The van der Waals surface area contributed by atoms with Crippen LogP contribution in [0.2, 0.25) is 0 Å². The molecule has 0 fully saturated rings. The van der Waals surface area contributed by atoms with E-state index in [1.807, 2.05) is 32.9 Å². The van der Waals surface area contributed by atoms with Crippen molar-refractivity contribution >= 4 is 11.7 Å². The average molecular weight is 262 g/mol. The van der Waals surface area contributed by atoms with Crippen LogP contribution in [0.3, 0.4) is 0 Å². The van der Waals surface area contributed by atoms with Crippen molar-refractivity contribution in [2.24, 2.45) is 5.73 Å². The van der Waals surface area contributed by atoms with Crippen LogP contribution in [0.1, 0.15) is 26.3 Å². The van der Waals surface area contributed by atoms with Crippen LogP contribution in [-0.2, 0) is 16.0 Å². The first-order chi connectivity index (χ1) is 8.87. The Balaban J connectivity index is 1.97. The molecule has 4 heteroatoms. The lowest BCUT2D eigenvalue weighted by molar-refractivity contribution is -0.156. The number of fused-ring (bicyclic) bond motifs is 1. The van der Waals surface area contributed by atoms with Gasteiger partial charge in [-0.25, -0.2) is 0 Å². The van der Waals surface area contributed by atoms with Gasteiger partial charge in [0.1, 0.15) is 11.6 Å². The molecule has 104 valence electrons. The molecule has 4 nitrogen and oxygen atoms in total. The summed E-state index contributed by atoms with van der Waals surface area (Å²) in [5.41, 5.74) is 7.96. The summed E-state index contributed by atoms with van der Waals surface area (Å²) < 4.78 is 5.31. The third-order valence-corrected chi connectivity index (χ3v) is 3.11. The van der Waals surface area contributed by atoms with E-state index in [1.54, 1.807) is 0 Å². The van der Waals surface area contributed by atoms with E-state index < -0.39 is 11.6 Å². The molecule has 1 aromatic rings. The fourth-order valence-electron chi connectivity index (χ4n) is 2.29. The molecule has 0 saturated carbocycles. The minimum Gasteiger partial charge on any atom is -0.459 e. The van der Waals surface area contributed by atoms with Crippen LogP contribution in [0.25, 0.3) is 0 Å². The number of benzene rings is 1. The number of nitrogens with two attached hydrogens (primary N) is 1. The molecule has 1 heterocycles. The molecule has 0 aromatic heterocycles. The summed E-state index contributed by atoms with van der Waals surface area (Å²) in [6.45, 7) is 6.97. The lowest BCUT2D eigenvalue weighted by atomic mass is 10.1. The number of para-hydroxylation sites is 1. The molecular formula is C15H22N2O2. The summed E-state index contributed by atoms with van der Waals surface area (Å²) in [5.74, 6) is -0.336. The highest BCUT2D eigenvalue weighted by molar-refractivity contribution is 5.77. The Kier molecular flexibility index (Phi) is 3.80. The summed E-state index contributed by atoms with van der Waals surface area (Å²) in [4.78, 5) is 14.0. The van der Waals surface area contributed by atoms with Gasteiger partial charge in [0.25, 0.3) is 0 Å². The quantitative estimate of drug-likeness (QED) is 0.843. The third kappa shape index (κ3) is 3.47. The number of carbonyl (C=O) groups is 1. The van der Waals surface area contributed by atoms with Crippen LogP contribution in [0.4, 0.5) is 5.69 Å². The average Bonchev–Trinajstić information content (AvgIpc) is 2.70. The van der Waals surface area contributed by atoms with Crippen molar-refractivity contribution in [3.63, 3.8) is 0 Å². The van der Waals surface area contributed by atoms with E-state index in [-0.39, 0.29) is 5.97 Å². The molecule has 0 spiro atoms. The molecule has 1 aromatic carbocycles. The van der Waals surface area contributed by atoms with Crippen LogP contribution in [0, 0.1) is 0 Å². The van der Waals surface area contributed by atoms with Gasteiger partial charge >= 0.3 is 5.97 Å². The fourth-order valence-corrected chi connectivity index (χ4v) is 2.29. The molecule has 1 atom stereocenters. The van der Waals surface area contributed by atoms with Gasteiger partial charge in [0.15, 0.2) is 0 Å². The number of ether oxygens (including phenoxy) is 1. The Morgan fingerprint density at radius 1 is 1.42 bits per heavy atom. The highest BCUT2D eigenvalue weighted by Gasteiger charge is 2.26. The van der Waals surface area contributed by atoms with Crippen LogP contribution < -0.4 is 10.6 Å². The van der Waals surface area contributed by atoms with E-state index in [4.69, 9.17) is 10.5 Å². The van der Waals surface area contributed by atoms with E-state index >= 15 is 0 Å². The topological polar surface area (TPSA) is 55.6 Å². The molecule has 19 heavy (non-hydrogen) atoms. The van der Waals surface area contributed by atoms with Crippen molar-refractivity contribution < 1.29 is 9.53 Å². The Hall–Kier alpha value is -1.55. The summed E-state index contributed by atoms with van der Waals surface area (Å²) >= 11 is 0. The first-order valence-corrected chi connectivity index (χ1v) is 6.68. The Bertz CT molecular complexity index is 465. The molecule has 0 saturated heterocycles. The zero-order chi connectivity index (χ0) is 14.0.